The first-order chi connectivity index (χ1) is 30.4. The fourth-order valence-corrected chi connectivity index (χ4v) is 5.71. The molecule has 0 fully saturated rings. The Morgan fingerprint density at radius 1 is 0.556 bits per heavy atom. The number of aliphatic hydroxyl groups excluding tert-OH is 1. The van der Waals surface area contributed by atoms with Crippen LogP contribution in [0, 0.1) is 0 Å². The summed E-state index contributed by atoms with van der Waals surface area (Å²) >= 11 is 0. The van der Waals surface area contributed by atoms with Crippen LogP contribution >= 0.6 is 7.82 Å². The Bertz CT molecular complexity index is 1590. The fourth-order valence-electron chi connectivity index (χ4n) is 4.97. The quantitative estimate of drug-likeness (QED) is 0.0205. The molecule has 2 unspecified atom stereocenters. The predicted molar refractivity (Wildman–Crippen MR) is 262 cm³/mol. The van der Waals surface area contributed by atoms with Crippen LogP contribution in [-0.4, -0.2) is 86.1 Å². The van der Waals surface area contributed by atoms with E-state index in [1.165, 1.54) is 0 Å². The molecule has 0 aliphatic heterocycles. The van der Waals surface area contributed by atoms with Gasteiger partial charge in [0.05, 0.1) is 33.9 Å². The van der Waals surface area contributed by atoms with Crippen LogP contribution < -0.4 is 0 Å². The number of rotatable bonds is 38. The van der Waals surface area contributed by atoms with Gasteiger partial charge >= 0.3 is 19.8 Å². The van der Waals surface area contributed by atoms with Crippen molar-refractivity contribution in [2.75, 3.05) is 47.5 Å². The number of phosphoric ester groups is 1. The van der Waals surface area contributed by atoms with Crippen molar-refractivity contribution in [1.29, 1.82) is 0 Å². The second kappa shape index (κ2) is 41.8. The minimum absolute atomic E-state index is 0.0119. The molecular weight excluding hydrogens is 814 g/mol. The van der Waals surface area contributed by atoms with Crippen molar-refractivity contribution in [3.8, 4) is 0 Å². The molecule has 11 heteroatoms. The van der Waals surface area contributed by atoms with Gasteiger partial charge in [0.1, 0.15) is 19.8 Å². The fraction of sp³-hybridized carbons (Fsp3) is 0.500. The molecule has 2 N–H and O–H groups in total. The molecule has 0 aromatic carbocycles. The molecule has 0 aromatic rings. The van der Waals surface area contributed by atoms with Crippen molar-refractivity contribution >= 4 is 19.8 Å². The molecular formula is C52H81NO9P+. The van der Waals surface area contributed by atoms with Crippen molar-refractivity contribution in [3.05, 3.63) is 146 Å². The van der Waals surface area contributed by atoms with E-state index in [-0.39, 0.29) is 26.1 Å². The van der Waals surface area contributed by atoms with Crippen LogP contribution in [0.3, 0.4) is 0 Å². The number of phosphoric acid groups is 1. The maximum Gasteiger partial charge on any atom is 0.472 e. The molecule has 0 aromatic heterocycles. The number of nitrogens with zero attached hydrogens (tertiary/aromatic N) is 1. The van der Waals surface area contributed by atoms with Gasteiger partial charge in [-0.3, -0.25) is 18.6 Å². The van der Waals surface area contributed by atoms with E-state index >= 15 is 0 Å². The van der Waals surface area contributed by atoms with Crippen LogP contribution in [0.1, 0.15) is 110 Å². The van der Waals surface area contributed by atoms with E-state index < -0.39 is 38.6 Å². The third-order valence-electron chi connectivity index (χ3n) is 8.47. The highest BCUT2D eigenvalue weighted by molar-refractivity contribution is 7.47. The van der Waals surface area contributed by atoms with Gasteiger partial charge in [-0.2, -0.15) is 0 Å². The maximum atomic E-state index is 12.7. The molecule has 0 aliphatic rings. The molecule has 0 bridgehead atoms. The zero-order chi connectivity index (χ0) is 46.5. The van der Waals surface area contributed by atoms with Crippen LogP contribution in [0.25, 0.3) is 0 Å². The average Bonchev–Trinajstić information content (AvgIpc) is 3.23. The van der Waals surface area contributed by atoms with Gasteiger partial charge in [0.2, 0.25) is 0 Å². The summed E-state index contributed by atoms with van der Waals surface area (Å²) in [7, 11) is 1.33. The van der Waals surface area contributed by atoms with Crippen molar-refractivity contribution < 1.29 is 47.2 Å². The highest BCUT2D eigenvalue weighted by atomic mass is 31.2. The van der Waals surface area contributed by atoms with Gasteiger partial charge in [-0.05, 0) is 83.5 Å². The van der Waals surface area contributed by atoms with Crippen LogP contribution in [-0.2, 0) is 32.7 Å². The largest absolute Gasteiger partial charge is 0.472 e. The van der Waals surface area contributed by atoms with E-state index in [0.717, 1.165) is 57.8 Å². The third-order valence-corrected chi connectivity index (χ3v) is 9.46. The lowest BCUT2D eigenvalue weighted by Crippen LogP contribution is -2.37. The Morgan fingerprint density at radius 2 is 0.984 bits per heavy atom. The highest BCUT2D eigenvalue weighted by Crippen LogP contribution is 2.43. The van der Waals surface area contributed by atoms with Crippen LogP contribution in [0.5, 0.6) is 0 Å². The van der Waals surface area contributed by atoms with Gasteiger partial charge in [0.15, 0.2) is 6.10 Å². The van der Waals surface area contributed by atoms with Gasteiger partial charge in [-0.25, -0.2) is 4.57 Å². The van der Waals surface area contributed by atoms with E-state index in [0.29, 0.717) is 36.7 Å². The zero-order valence-electron chi connectivity index (χ0n) is 39.1. The summed E-state index contributed by atoms with van der Waals surface area (Å²) in [5.41, 5.74) is 0. The first kappa shape index (κ1) is 58.9. The summed E-state index contributed by atoms with van der Waals surface area (Å²) in [4.78, 5) is 35.4. The summed E-state index contributed by atoms with van der Waals surface area (Å²) in [6.07, 6.45) is 58.2. The molecule has 0 saturated carbocycles. The second-order valence-electron chi connectivity index (χ2n) is 15.5. The number of quaternary nitrogens is 1. The van der Waals surface area contributed by atoms with Gasteiger partial charge < -0.3 is 24.0 Å². The molecule has 352 valence electrons. The number of carbonyl (C=O) groups excluding carboxylic acids is 2. The zero-order valence-corrected chi connectivity index (χ0v) is 40.0. The Kier molecular flexibility index (Phi) is 39.1. The second-order valence-corrected chi connectivity index (χ2v) is 17.0. The highest BCUT2D eigenvalue weighted by Gasteiger charge is 2.27. The molecule has 0 rings (SSSR count). The molecule has 63 heavy (non-hydrogen) atoms. The Balaban J connectivity index is 4.68. The van der Waals surface area contributed by atoms with Crippen LogP contribution in [0.15, 0.2) is 146 Å². The summed E-state index contributed by atoms with van der Waals surface area (Å²) < 4.78 is 34.1. The smallest absolute Gasteiger partial charge is 0.462 e. The van der Waals surface area contributed by atoms with Crippen molar-refractivity contribution in [3.63, 3.8) is 0 Å². The summed E-state index contributed by atoms with van der Waals surface area (Å²) in [5, 5.41) is 10.0. The molecule has 0 spiro atoms. The number of aliphatic hydroxyl groups is 1. The SMILES string of the molecule is CC/C=C\C/C=C\C/C=C\C/C=C\C/C=C\C/C=C\CCC(=O)OC[C@H](COP(=O)(O)OCC[N+](C)(C)C)OC(=O)CC/C=C\C/C=C\C/C=C\C=C\C(O)C/C=C\C/C=C\CC. The molecule has 0 amide bonds. The monoisotopic (exact) mass is 895 g/mol. The lowest BCUT2D eigenvalue weighted by Gasteiger charge is -2.24. The molecule has 0 saturated heterocycles. The number of carbonyl (C=O) groups is 2. The van der Waals surface area contributed by atoms with Gasteiger partial charge in [0, 0.05) is 12.8 Å². The van der Waals surface area contributed by atoms with Gasteiger partial charge in [0.25, 0.3) is 0 Å². The maximum absolute atomic E-state index is 12.7. The predicted octanol–water partition coefficient (Wildman–Crippen LogP) is 12.2. The van der Waals surface area contributed by atoms with Gasteiger partial charge in [-0.1, -0.05) is 160 Å². The Hall–Kier alpha value is -4.15. The molecule has 10 nitrogen and oxygen atoms in total. The minimum Gasteiger partial charge on any atom is -0.462 e. The summed E-state index contributed by atoms with van der Waals surface area (Å²) in [6, 6.07) is 0. The van der Waals surface area contributed by atoms with E-state index in [1.807, 2.05) is 81.9 Å². The normalized spacial score (nSPS) is 15.3. The standard InChI is InChI=1S/C52H80NO9P/c1-6-8-10-12-14-15-16-17-18-19-20-21-22-23-24-28-31-35-39-43-51(55)59-47-50(48-61-63(57,58)60-46-45-53(3,4)5)62-52(56)44-40-36-32-29-26-25-27-30-34-38-42-49(54)41-37-33-13-11-9-7-2/h8-11,14-15,17-18,20-21,23-26,30-38,42,49-50,54H,6-7,12-13,16,19,22,27-29,39-41,43-48H2,1-5H3/p+1/b10-8-,11-9-,15-14-,18-17-,21-20-,24-23-,26-25-,34-30-,35-31-,36-32-,37-33-,42-38+/t49?,50-/m1/s1. The van der Waals surface area contributed by atoms with E-state index in [4.69, 9.17) is 18.5 Å². The molecule has 3 atom stereocenters. The van der Waals surface area contributed by atoms with E-state index in [1.54, 1.807) is 6.08 Å². The summed E-state index contributed by atoms with van der Waals surface area (Å²) in [5.74, 6) is -1.04. The lowest BCUT2D eigenvalue weighted by molar-refractivity contribution is -0.870. The number of allylic oxidation sites excluding steroid dienone is 22. The van der Waals surface area contributed by atoms with Crippen LogP contribution in [0.2, 0.25) is 0 Å². The Morgan fingerprint density at radius 3 is 1.46 bits per heavy atom. The molecule has 0 heterocycles. The lowest BCUT2D eigenvalue weighted by atomic mass is 10.2. The van der Waals surface area contributed by atoms with E-state index in [9.17, 15) is 24.2 Å². The first-order valence-corrected chi connectivity index (χ1v) is 24.2. The summed E-state index contributed by atoms with van der Waals surface area (Å²) in [6.45, 7) is 3.89. The third kappa shape index (κ3) is 45.7. The minimum atomic E-state index is -4.44. The average molecular weight is 895 g/mol. The molecule has 0 radical (unpaired) electrons. The molecule has 0 aliphatic carbocycles. The number of likely N-dealkylation sites (N-methyl/N-ethyl adjacent to an activating group) is 1. The number of ether oxygens (including phenoxy) is 2. The van der Waals surface area contributed by atoms with Crippen molar-refractivity contribution in [1.82, 2.24) is 0 Å². The first-order valence-electron chi connectivity index (χ1n) is 22.7. The number of hydrogen-bond donors (Lipinski definition) is 2. The Labute approximate surface area is 381 Å². The van der Waals surface area contributed by atoms with Crippen LogP contribution in [0.4, 0.5) is 0 Å². The van der Waals surface area contributed by atoms with Crippen molar-refractivity contribution in [2.24, 2.45) is 0 Å². The topological polar surface area (TPSA) is 129 Å². The van der Waals surface area contributed by atoms with Crippen molar-refractivity contribution in [2.45, 2.75) is 122 Å². The number of esters is 2. The van der Waals surface area contributed by atoms with E-state index in [2.05, 4.69) is 92.8 Å². The van der Waals surface area contributed by atoms with Gasteiger partial charge in [-0.15, -0.1) is 0 Å². The number of hydrogen-bond acceptors (Lipinski definition) is 8.